The highest BCUT2D eigenvalue weighted by Crippen LogP contribution is 2.32. The van der Waals surface area contributed by atoms with Gasteiger partial charge in [-0.1, -0.05) is 0 Å². The zero-order chi connectivity index (χ0) is 12.4. The molecule has 0 bridgehead atoms. The van der Waals surface area contributed by atoms with Gasteiger partial charge in [0.15, 0.2) is 0 Å². The van der Waals surface area contributed by atoms with Crippen LogP contribution < -0.4 is 10.6 Å². The molecule has 0 aliphatic heterocycles. The van der Waals surface area contributed by atoms with Crippen molar-refractivity contribution in [1.29, 1.82) is 5.41 Å². The second-order valence-electron chi connectivity index (χ2n) is 4.56. The largest absolute Gasteiger partial charge is 0.384 e. The normalized spacial score (nSPS) is 14.7. The zero-order valence-corrected chi connectivity index (χ0v) is 10.0. The van der Waals surface area contributed by atoms with Crippen LogP contribution in [0.4, 0.5) is 10.1 Å². The lowest BCUT2D eigenvalue weighted by Gasteiger charge is -2.23. The predicted octanol–water partition coefficient (Wildman–Crippen LogP) is 2.35. The predicted molar refractivity (Wildman–Crippen MR) is 68.0 cm³/mol. The summed E-state index contributed by atoms with van der Waals surface area (Å²) in [5.41, 5.74) is 6.39. The van der Waals surface area contributed by atoms with Crippen LogP contribution >= 0.6 is 0 Å². The maximum atomic E-state index is 13.9. The standard InChI is InChI=1S/C13H18FN3/c1-2-17(8-9-3-4-9)12-6-5-10(13(15)16)7-11(12)14/h5-7,9H,2-4,8H2,1H3,(H3,15,16). The first-order chi connectivity index (χ1) is 8.11. The smallest absolute Gasteiger partial charge is 0.147 e. The van der Waals surface area contributed by atoms with Gasteiger partial charge < -0.3 is 10.6 Å². The van der Waals surface area contributed by atoms with Gasteiger partial charge >= 0.3 is 0 Å². The Balaban J connectivity index is 2.20. The van der Waals surface area contributed by atoms with E-state index in [1.807, 2.05) is 6.92 Å². The van der Waals surface area contributed by atoms with Crippen molar-refractivity contribution in [3.8, 4) is 0 Å². The Kier molecular flexibility index (Phi) is 3.31. The van der Waals surface area contributed by atoms with E-state index in [4.69, 9.17) is 11.1 Å². The topological polar surface area (TPSA) is 53.1 Å². The average molecular weight is 235 g/mol. The number of halogens is 1. The summed E-state index contributed by atoms with van der Waals surface area (Å²) < 4.78 is 13.9. The Bertz CT molecular complexity index is 427. The molecule has 3 N–H and O–H groups in total. The molecule has 0 amide bonds. The van der Waals surface area contributed by atoms with Crippen LogP contribution in [0.3, 0.4) is 0 Å². The highest BCUT2D eigenvalue weighted by atomic mass is 19.1. The van der Waals surface area contributed by atoms with Crippen molar-refractivity contribution in [1.82, 2.24) is 0 Å². The van der Waals surface area contributed by atoms with Crippen LogP contribution in [0.5, 0.6) is 0 Å². The third kappa shape index (κ3) is 2.75. The van der Waals surface area contributed by atoms with Gasteiger partial charge in [0.1, 0.15) is 11.7 Å². The van der Waals surface area contributed by atoms with E-state index in [1.165, 1.54) is 18.9 Å². The first-order valence-electron chi connectivity index (χ1n) is 6.00. The highest BCUT2D eigenvalue weighted by molar-refractivity contribution is 5.95. The van der Waals surface area contributed by atoms with Crippen LogP contribution in [-0.4, -0.2) is 18.9 Å². The van der Waals surface area contributed by atoms with Crippen LogP contribution in [0, 0.1) is 17.1 Å². The Morgan fingerprint density at radius 2 is 2.24 bits per heavy atom. The van der Waals surface area contributed by atoms with E-state index in [2.05, 4.69) is 4.90 Å². The van der Waals surface area contributed by atoms with E-state index in [-0.39, 0.29) is 11.7 Å². The van der Waals surface area contributed by atoms with E-state index in [9.17, 15) is 4.39 Å². The fourth-order valence-electron chi connectivity index (χ4n) is 1.94. The fourth-order valence-corrected chi connectivity index (χ4v) is 1.94. The maximum Gasteiger partial charge on any atom is 0.147 e. The molecule has 0 atom stereocenters. The average Bonchev–Trinajstić information content (AvgIpc) is 3.10. The van der Waals surface area contributed by atoms with Gasteiger partial charge in [0, 0.05) is 18.7 Å². The number of nitrogen functional groups attached to an aromatic ring is 1. The third-order valence-electron chi connectivity index (χ3n) is 3.16. The SMILES string of the molecule is CCN(CC1CC1)c1ccc(C(=N)N)cc1F. The van der Waals surface area contributed by atoms with Crippen molar-refractivity contribution in [3.63, 3.8) is 0 Å². The zero-order valence-electron chi connectivity index (χ0n) is 10.0. The molecule has 92 valence electrons. The Morgan fingerprint density at radius 3 is 2.71 bits per heavy atom. The Hall–Kier alpha value is -1.58. The van der Waals surface area contributed by atoms with Gasteiger partial charge in [-0.05, 0) is 43.9 Å². The van der Waals surface area contributed by atoms with Crippen LogP contribution in [0.1, 0.15) is 25.3 Å². The van der Waals surface area contributed by atoms with Crippen molar-refractivity contribution >= 4 is 11.5 Å². The summed E-state index contributed by atoms with van der Waals surface area (Å²) in [5.74, 6) is 0.336. The molecule has 1 aliphatic rings. The molecule has 0 aromatic heterocycles. The first kappa shape index (κ1) is 11.9. The number of benzene rings is 1. The molecule has 3 nitrogen and oxygen atoms in total. The van der Waals surface area contributed by atoms with Gasteiger partial charge in [0.05, 0.1) is 5.69 Å². The number of nitrogens with two attached hydrogens (primary N) is 1. The van der Waals surface area contributed by atoms with Crippen molar-refractivity contribution in [2.24, 2.45) is 11.7 Å². The fraction of sp³-hybridized carbons (Fsp3) is 0.462. The molecular formula is C13H18FN3. The number of rotatable bonds is 5. The summed E-state index contributed by atoms with van der Waals surface area (Å²) in [7, 11) is 0. The van der Waals surface area contributed by atoms with E-state index in [0.717, 1.165) is 19.0 Å². The molecule has 0 spiro atoms. The third-order valence-corrected chi connectivity index (χ3v) is 3.16. The van der Waals surface area contributed by atoms with Gasteiger partial charge in [0.25, 0.3) is 0 Å². The number of anilines is 1. The lowest BCUT2D eigenvalue weighted by molar-refractivity contribution is 0.613. The van der Waals surface area contributed by atoms with Gasteiger partial charge in [0.2, 0.25) is 0 Å². The number of amidine groups is 1. The summed E-state index contributed by atoms with van der Waals surface area (Å²) in [6, 6.07) is 4.77. The Labute approximate surface area is 101 Å². The molecule has 1 fully saturated rings. The molecule has 2 rings (SSSR count). The highest BCUT2D eigenvalue weighted by Gasteiger charge is 2.24. The van der Waals surface area contributed by atoms with E-state index in [0.29, 0.717) is 11.3 Å². The molecular weight excluding hydrogens is 217 g/mol. The second kappa shape index (κ2) is 4.73. The van der Waals surface area contributed by atoms with Gasteiger partial charge in [-0.3, -0.25) is 5.41 Å². The minimum absolute atomic E-state index is 0.0966. The number of hydrogen-bond acceptors (Lipinski definition) is 2. The van der Waals surface area contributed by atoms with Gasteiger partial charge in [-0.2, -0.15) is 0 Å². The van der Waals surface area contributed by atoms with Crippen molar-refractivity contribution in [3.05, 3.63) is 29.6 Å². The summed E-state index contributed by atoms with van der Waals surface area (Å²) >= 11 is 0. The first-order valence-corrected chi connectivity index (χ1v) is 6.00. The summed E-state index contributed by atoms with van der Waals surface area (Å²) in [6.07, 6.45) is 2.51. The minimum Gasteiger partial charge on any atom is -0.384 e. The van der Waals surface area contributed by atoms with Crippen LogP contribution in [0.25, 0.3) is 0 Å². The second-order valence-corrected chi connectivity index (χ2v) is 4.56. The molecule has 0 radical (unpaired) electrons. The van der Waals surface area contributed by atoms with Crippen molar-refractivity contribution in [2.45, 2.75) is 19.8 Å². The van der Waals surface area contributed by atoms with Gasteiger partial charge in [-0.15, -0.1) is 0 Å². The van der Waals surface area contributed by atoms with E-state index in [1.54, 1.807) is 12.1 Å². The molecule has 1 saturated carbocycles. The summed E-state index contributed by atoms with van der Waals surface area (Å²) in [4.78, 5) is 2.05. The molecule has 17 heavy (non-hydrogen) atoms. The van der Waals surface area contributed by atoms with Crippen molar-refractivity contribution in [2.75, 3.05) is 18.0 Å². The molecule has 1 aromatic rings. The molecule has 1 aliphatic carbocycles. The quantitative estimate of drug-likeness (QED) is 0.608. The number of nitrogens with one attached hydrogen (secondary N) is 1. The maximum absolute atomic E-state index is 13.9. The summed E-state index contributed by atoms with van der Waals surface area (Å²) in [5, 5.41) is 7.28. The number of nitrogens with zero attached hydrogens (tertiary/aromatic N) is 1. The summed E-state index contributed by atoms with van der Waals surface area (Å²) in [6.45, 7) is 3.75. The molecule has 4 heteroatoms. The van der Waals surface area contributed by atoms with E-state index >= 15 is 0 Å². The van der Waals surface area contributed by atoms with Crippen molar-refractivity contribution < 1.29 is 4.39 Å². The lowest BCUT2D eigenvalue weighted by Crippen LogP contribution is -2.26. The molecule has 0 saturated heterocycles. The van der Waals surface area contributed by atoms with Crippen LogP contribution in [0.2, 0.25) is 0 Å². The molecule has 0 heterocycles. The monoisotopic (exact) mass is 235 g/mol. The van der Waals surface area contributed by atoms with Crippen LogP contribution in [0.15, 0.2) is 18.2 Å². The molecule has 1 aromatic carbocycles. The van der Waals surface area contributed by atoms with E-state index < -0.39 is 0 Å². The molecule has 0 unspecified atom stereocenters. The Morgan fingerprint density at radius 1 is 1.53 bits per heavy atom. The van der Waals surface area contributed by atoms with Crippen LogP contribution in [-0.2, 0) is 0 Å². The lowest BCUT2D eigenvalue weighted by atomic mass is 10.1. The van der Waals surface area contributed by atoms with Gasteiger partial charge in [-0.25, -0.2) is 4.39 Å². The number of hydrogen-bond donors (Lipinski definition) is 2. The minimum atomic E-state index is -0.291.